The van der Waals surface area contributed by atoms with Crippen LogP contribution in [0.3, 0.4) is 0 Å². The molecule has 1 aromatic carbocycles. The van der Waals surface area contributed by atoms with Crippen LogP contribution in [0.15, 0.2) is 61.2 Å². The number of pyridine rings is 1. The normalized spacial score (nSPS) is 13.6. The van der Waals surface area contributed by atoms with Gasteiger partial charge in [0.1, 0.15) is 17.1 Å². The second-order valence-corrected chi connectivity index (χ2v) is 10.6. The third-order valence-corrected chi connectivity index (χ3v) is 6.59. The van der Waals surface area contributed by atoms with Crippen molar-refractivity contribution in [1.29, 1.82) is 0 Å². The largest absolute Gasteiger partial charge is 0.444 e. The molecule has 196 valence electrons. The second kappa shape index (κ2) is 10.7. The first-order valence-corrected chi connectivity index (χ1v) is 13.2. The van der Waals surface area contributed by atoms with E-state index in [-0.39, 0.29) is 6.09 Å². The van der Waals surface area contributed by atoms with E-state index in [9.17, 15) is 4.79 Å². The fourth-order valence-electron chi connectivity index (χ4n) is 4.70. The maximum atomic E-state index is 12.6. The second-order valence-electron chi connectivity index (χ2n) is 10.6. The Hall–Kier alpha value is -4.07. The van der Waals surface area contributed by atoms with Crippen LogP contribution in [-0.4, -0.2) is 54.4 Å². The van der Waals surface area contributed by atoms with Crippen LogP contribution in [0, 0.1) is 0 Å². The van der Waals surface area contributed by atoms with Crippen LogP contribution in [-0.2, 0) is 30.5 Å². The Balaban J connectivity index is 1.35. The third kappa shape index (κ3) is 5.90. The number of rotatable bonds is 5. The Morgan fingerprint density at radius 3 is 2.61 bits per heavy atom. The standard InChI is InChI=1S/C30H34N6O2/c1-5-36-20-25(28(34-36)24-7-6-13-31-19-24)26-10-14-32-27(33-26)18-21-8-9-22-11-15-35(16-12-23(22)17-21)29(37)38-30(2,3)4/h6-10,13-14,17,19-20H,5,11-12,15-16,18H2,1-4H3. The molecule has 8 heteroatoms. The van der Waals surface area contributed by atoms with E-state index in [1.54, 1.807) is 6.20 Å². The predicted octanol–water partition coefficient (Wildman–Crippen LogP) is 5.35. The number of amides is 1. The maximum absolute atomic E-state index is 12.6. The molecule has 3 aromatic heterocycles. The summed E-state index contributed by atoms with van der Waals surface area (Å²) in [4.78, 5) is 28.2. The number of aryl methyl sites for hydroxylation is 1. The number of hydrogen-bond donors (Lipinski definition) is 0. The quantitative estimate of drug-likeness (QED) is 0.360. The van der Waals surface area contributed by atoms with Gasteiger partial charge in [0.05, 0.1) is 5.69 Å². The molecular weight excluding hydrogens is 476 g/mol. The molecule has 4 heterocycles. The van der Waals surface area contributed by atoms with Gasteiger partial charge in [-0.25, -0.2) is 14.8 Å². The Morgan fingerprint density at radius 2 is 1.87 bits per heavy atom. The lowest BCUT2D eigenvalue weighted by atomic mass is 9.98. The summed E-state index contributed by atoms with van der Waals surface area (Å²) in [5.41, 5.74) is 6.85. The van der Waals surface area contributed by atoms with E-state index in [4.69, 9.17) is 14.8 Å². The van der Waals surface area contributed by atoms with Crippen molar-refractivity contribution in [2.24, 2.45) is 0 Å². The minimum absolute atomic E-state index is 0.243. The average molecular weight is 511 g/mol. The molecule has 0 spiro atoms. The molecule has 8 nitrogen and oxygen atoms in total. The molecule has 0 radical (unpaired) electrons. The first-order chi connectivity index (χ1) is 18.3. The van der Waals surface area contributed by atoms with E-state index in [0.29, 0.717) is 19.5 Å². The summed E-state index contributed by atoms with van der Waals surface area (Å²) >= 11 is 0. The van der Waals surface area contributed by atoms with Crippen molar-refractivity contribution < 1.29 is 9.53 Å². The highest BCUT2D eigenvalue weighted by atomic mass is 16.6. The summed E-state index contributed by atoms with van der Waals surface area (Å²) in [6, 6.07) is 12.4. The summed E-state index contributed by atoms with van der Waals surface area (Å²) in [7, 11) is 0. The topological polar surface area (TPSA) is 86.0 Å². The van der Waals surface area contributed by atoms with Crippen LogP contribution in [0.1, 0.15) is 50.2 Å². The van der Waals surface area contributed by atoms with Gasteiger partial charge in [-0.3, -0.25) is 9.67 Å². The smallest absolute Gasteiger partial charge is 0.410 e. The molecule has 0 saturated heterocycles. The molecule has 0 bridgehead atoms. The van der Waals surface area contributed by atoms with Gasteiger partial charge in [0.2, 0.25) is 0 Å². The molecule has 4 aromatic rings. The minimum Gasteiger partial charge on any atom is -0.444 e. The molecule has 0 aliphatic carbocycles. The Morgan fingerprint density at radius 1 is 1.05 bits per heavy atom. The van der Waals surface area contributed by atoms with Gasteiger partial charge in [0, 0.05) is 62.0 Å². The first kappa shape index (κ1) is 25.6. The van der Waals surface area contributed by atoms with Gasteiger partial charge in [0.15, 0.2) is 0 Å². The molecule has 5 rings (SSSR count). The lowest BCUT2D eigenvalue weighted by Gasteiger charge is -2.26. The zero-order chi connectivity index (χ0) is 26.7. The molecule has 1 amide bonds. The fourth-order valence-corrected chi connectivity index (χ4v) is 4.70. The van der Waals surface area contributed by atoms with Crippen molar-refractivity contribution >= 4 is 6.09 Å². The first-order valence-electron chi connectivity index (χ1n) is 13.2. The summed E-state index contributed by atoms with van der Waals surface area (Å²) < 4.78 is 7.51. The maximum Gasteiger partial charge on any atom is 0.410 e. The van der Waals surface area contributed by atoms with Crippen LogP contribution in [0.25, 0.3) is 22.5 Å². The lowest BCUT2D eigenvalue weighted by Crippen LogP contribution is -2.38. The number of nitrogens with zero attached hydrogens (tertiary/aromatic N) is 6. The predicted molar refractivity (Wildman–Crippen MR) is 147 cm³/mol. The van der Waals surface area contributed by atoms with E-state index in [1.165, 1.54) is 11.1 Å². The molecule has 0 N–H and O–H groups in total. The van der Waals surface area contributed by atoms with Gasteiger partial charge >= 0.3 is 6.09 Å². The molecular formula is C30H34N6O2. The zero-order valence-corrected chi connectivity index (χ0v) is 22.5. The molecule has 1 aliphatic heterocycles. The van der Waals surface area contributed by atoms with Crippen LogP contribution in [0.5, 0.6) is 0 Å². The van der Waals surface area contributed by atoms with Crippen molar-refractivity contribution in [3.05, 3.63) is 83.7 Å². The number of benzene rings is 1. The van der Waals surface area contributed by atoms with E-state index in [0.717, 1.165) is 53.3 Å². The molecule has 0 unspecified atom stereocenters. The highest BCUT2D eigenvalue weighted by Crippen LogP contribution is 2.30. The Bertz CT molecular complexity index is 1420. The molecule has 1 aliphatic rings. The summed E-state index contributed by atoms with van der Waals surface area (Å²) in [6.45, 7) is 9.85. The third-order valence-electron chi connectivity index (χ3n) is 6.59. The number of hydrogen-bond acceptors (Lipinski definition) is 6. The van der Waals surface area contributed by atoms with Crippen molar-refractivity contribution in [1.82, 2.24) is 29.6 Å². The van der Waals surface area contributed by atoms with Gasteiger partial charge in [-0.05, 0) is 75.4 Å². The van der Waals surface area contributed by atoms with Gasteiger partial charge in [-0.15, -0.1) is 0 Å². The van der Waals surface area contributed by atoms with Gasteiger partial charge < -0.3 is 9.64 Å². The molecule has 38 heavy (non-hydrogen) atoms. The molecule has 0 fully saturated rings. The zero-order valence-electron chi connectivity index (χ0n) is 22.5. The van der Waals surface area contributed by atoms with Crippen molar-refractivity contribution in [3.8, 4) is 22.5 Å². The highest BCUT2D eigenvalue weighted by Gasteiger charge is 2.24. The van der Waals surface area contributed by atoms with Crippen molar-refractivity contribution in [3.63, 3.8) is 0 Å². The van der Waals surface area contributed by atoms with Crippen LogP contribution in [0.2, 0.25) is 0 Å². The summed E-state index contributed by atoms with van der Waals surface area (Å²) in [5.74, 6) is 0.757. The molecule has 0 atom stereocenters. The number of carbonyl (C=O) groups excluding carboxylic acids is 1. The fraction of sp³-hybridized carbons (Fsp3) is 0.367. The lowest BCUT2D eigenvalue weighted by molar-refractivity contribution is 0.0258. The van der Waals surface area contributed by atoms with Crippen LogP contribution < -0.4 is 0 Å². The van der Waals surface area contributed by atoms with E-state index >= 15 is 0 Å². The van der Waals surface area contributed by atoms with E-state index in [1.807, 2.05) is 67.1 Å². The minimum atomic E-state index is -0.494. The Labute approximate surface area is 223 Å². The monoisotopic (exact) mass is 510 g/mol. The summed E-state index contributed by atoms with van der Waals surface area (Å²) in [6.07, 6.45) is 9.44. The van der Waals surface area contributed by atoms with Gasteiger partial charge in [-0.2, -0.15) is 5.10 Å². The highest BCUT2D eigenvalue weighted by molar-refractivity contribution is 5.78. The molecule has 0 saturated carbocycles. The van der Waals surface area contributed by atoms with Gasteiger partial charge in [-0.1, -0.05) is 18.2 Å². The van der Waals surface area contributed by atoms with Crippen LogP contribution >= 0.6 is 0 Å². The van der Waals surface area contributed by atoms with E-state index < -0.39 is 5.60 Å². The van der Waals surface area contributed by atoms with Crippen LogP contribution in [0.4, 0.5) is 4.79 Å². The number of fused-ring (bicyclic) bond motifs is 1. The van der Waals surface area contributed by atoms with Crippen molar-refractivity contribution in [2.45, 2.75) is 59.1 Å². The van der Waals surface area contributed by atoms with Gasteiger partial charge in [0.25, 0.3) is 0 Å². The number of carbonyl (C=O) groups is 1. The van der Waals surface area contributed by atoms with Crippen molar-refractivity contribution in [2.75, 3.05) is 13.1 Å². The number of ether oxygens (including phenoxy) is 1. The number of aromatic nitrogens is 5. The Kier molecular flexibility index (Phi) is 7.22. The average Bonchev–Trinajstić information content (AvgIpc) is 3.22. The van der Waals surface area contributed by atoms with E-state index in [2.05, 4.69) is 35.1 Å². The SMILES string of the molecule is CCn1cc(-c2ccnc(Cc3ccc4c(c3)CCN(C(=O)OC(C)(C)C)CC4)n2)c(-c2cccnc2)n1. The summed E-state index contributed by atoms with van der Waals surface area (Å²) in [5, 5.41) is 4.76.